The van der Waals surface area contributed by atoms with Crippen LogP contribution in [0.3, 0.4) is 0 Å². The lowest BCUT2D eigenvalue weighted by molar-refractivity contribution is 0.101. The van der Waals surface area contributed by atoms with Crippen molar-refractivity contribution in [2.45, 2.75) is 4.90 Å². The van der Waals surface area contributed by atoms with Crippen molar-refractivity contribution in [3.05, 3.63) is 89.7 Å². The molecule has 146 valence electrons. The molecule has 0 atom stereocenters. The quantitative estimate of drug-likeness (QED) is 0.468. The van der Waals surface area contributed by atoms with Crippen LogP contribution in [-0.4, -0.2) is 21.3 Å². The standard InChI is InChI=1S/C22H16O6S/c1-26-17-11-12-19-20(14-17)27-21(22(19)23)13-15-7-9-16(10-8-15)28-29(24,25)18-5-3-2-4-6-18/h2-14H,1H3/b21-13-. The Hall–Kier alpha value is -3.58. The Morgan fingerprint density at radius 3 is 2.28 bits per heavy atom. The molecule has 3 aromatic carbocycles. The van der Waals surface area contributed by atoms with Crippen LogP contribution in [0.4, 0.5) is 0 Å². The Labute approximate surface area is 168 Å². The third-order valence-electron chi connectivity index (χ3n) is 4.29. The fourth-order valence-corrected chi connectivity index (χ4v) is 3.78. The van der Waals surface area contributed by atoms with Gasteiger partial charge in [-0.15, -0.1) is 0 Å². The molecule has 0 saturated carbocycles. The van der Waals surface area contributed by atoms with Crippen molar-refractivity contribution in [1.29, 1.82) is 0 Å². The van der Waals surface area contributed by atoms with Gasteiger partial charge in [-0.25, -0.2) is 0 Å². The maximum atomic E-state index is 12.5. The molecule has 0 fully saturated rings. The molecule has 0 spiro atoms. The van der Waals surface area contributed by atoms with E-state index < -0.39 is 10.1 Å². The SMILES string of the molecule is COc1ccc2c(c1)O/C(=C\c1ccc(OS(=O)(=O)c3ccccc3)cc1)C2=O. The number of hydrogen-bond acceptors (Lipinski definition) is 6. The zero-order valence-electron chi connectivity index (χ0n) is 15.4. The molecular formula is C22H16O6S. The van der Waals surface area contributed by atoms with Gasteiger partial charge >= 0.3 is 10.1 Å². The molecule has 4 rings (SSSR count). The van der Waals surface area contributed by atoms with E-state index in [9.17, 15) is 13.2 Å². The predicted octanol–water partition coefficient (Wildman–Crippen LogP) is 4.08. The molecule has 0 aromatic heterocycles. The summed E-state index contributed by atoms with van der Waals surface area (Å²) in [5.41, 5.74) is 1.13. The van der Waals surface area contributed by atoms with Gasteiger partial charge in [0.15, 0.2) is 5.76 Å². The van der Waals surface area contributed by atoms with Crippen LogP contribution in [0.1, 0.15) is 15.9 Å². The van der Waals surface area contributed by atoms with Crippen molar-refractivity contribution >= 4 is 22.0 Å². The Kier molecular flexibility index (Phi) is 4.82. The van der Waals surface area contributed by atoms with Crippen LogP contribution in [0.2, 0.25) is 0 Å². The third-order valence-corrected chi connectivity index (χ3v) is 5.55. The number of carbonyl (C=O) groups excluding carboxylic acids is 1. The van der Waals surface area contributed by atoms with Crippen LogP contribution in [-0.2, 0) is 10.1 Å². The first kappa shape index (κ1) is 18.8. The van der Waals surface area contributed by atoms with Gasteiger partial charge in [-0.05, 0) is 48.0 Å². The van der Waals surface area contributed by atoms with E-state index in [1.54, 1.807) is 54.6 Å². The van der Waals surface area contributed by atoms with Crippen LogP contribution in [0.15, 0.2) is 83.5 Å². The number of benzene rings is 3. The molecule has 0 N–H and O–H groups in total. The van der Waals surface area contributed by atoms with Gasteiger partial charge in [0.1, 0.15) is 22.1 Å². The topological polar surface area (TPSA) is 78.9 Å². The largest absolute Gasteiger partial charge is 0.497 e. The first-order chi connectivity index (χ1) is 14.0. The van der Waals surface area contributed by atoms with Gasteiger partial charge in [0.2, 0.25) is 5.78 Å². The van der Waals surface area contributed by atoms with E-state index in [4.69, 9.17) is 13.7 Å². The molecule has 3 aromatic rings. The highest BCUT2D eigenvalue weighted by molar-refractivity contribution is 7.87. The lowest BCUT2D eigenvalue weighted by atomic mass is 10.1. The van der Waals surface area contributed by atoms with Crippen LogP contribution in [0.25, 0.3) is 6.08 Å². The number of allylic oxidation sites excluding steroid dienone is 1. The monoisotopic (exact) mass is 408 g/mol. The van der Waals surface area contributed by atoms with Crippen molar-refractivity contribution in [2.24, 2.45) is 0 Å². The molecule has 1 aliphatic rings. The Morgan fingerprint density at radius 1 is 0.897 bits per heavy atom. The van der Waals surface area contributed by atoms with Crippen LogP contribution < -0.4 is 13.7 Å². The van der Waals surface area contributed by atoms with E-state index in [0.29, 0.717) is 22.6 Å². The van der Waals surface area contributed by atoms with Crippen molar-refractivity contribution in [2.75, 3.05) is 7.11 Å². The fraction of sp³-hybridized carbons (Fsp3) is 0.0455. The van der Waals surface area contributed by atoms with Crippen molar-refractivity contribution in [3.63, 3.8) is 0 Å². The Balaban J connectivity index is 1.52. The Morgan fingerprint density at radius 2 is 1.59 bits per heavy atom. The lowest BCUT2D eigenvalue weighted by Crippen LogP contribution is -2.09. The number of fused-ring (bicyclic) bond motifs is 1. The van der Waals surface area contributed by atoms with Gasteiger partial charge < -0.3 is 13.7 Å². The molecule has 1 aliphatic heterocycles. The number of carbonyl (C=O) groups is 1. The van der Waals surface area contributed by atoms with E-state index in [1.807, 2.05) is 0 Å². The van der Waals surface area contributed by atoms with Gasteiger partial charge in [-0.2, -0.15) is 8.42 Å². The average molecular weight is 408 g/mol. The van der Waals surface area contributed by atoms with Gasteiger partial charge in [0.05, 0.1) is 12.7 Å². The normalized spacial score (nSPS) is 14.4. The van der Waals surface area contributed by atoms with Gasteiger partial charge in [-0.3, -0.25) is 4.79 Å². The minimum Gasteiger partial charge on any atom is -0.497 e. The van der Waals surface area contributed by atoms with Crippen molar-refractivity contribution in [1.82, 2.24) is 0 Å². The first-order valence-corrected chi connectivity index (χ1v) is 10.1. The molecule has 0 unspecified atom stereocenters. The van der Waals surface area contributed by atoms with Gasteiger partial charge in [-0.1, -0.05) is 30.3 Å². The highest BCUT2D eigenvalue weighted by Crippen LogP contribution is 2.34. The number of rotatable bonds is 5. The summed E-state index contributed by atoms with van der Waals surface area (Å²) >= 11 is 0. The number of hydrogen-bond donors (Lipinski definition) is 0. The van der Waals surface area contributed by atoms with Crippen LogP contribution in [0.5, 0.6) is 17.2 Å². The summed E-state index contributed by atoms with van der Waals surface area (Å²) in [6.45, 7) is 0. The number of ketones is 1. The molecule has 1 heterocycles. The number of ether oxygens (including phenoxy) is 2. The molecule has 6 nitrogen and oxygen atoms in total. The molecule has 0 amide bonds. The van der Waals surface area contributed by atoms with E-state index in [0.717, 1.165) is 0 Å². The second kappa shape index (κ2) is 7.44. The summed E-state index contributed by atoms with van der Waals surface area (Å²) < 4.78 is 40.5. The summed E-state index contributed by atoms with van der Waals surface area (Å²) in [6, 6.07) is 19.2. The minimum atomic E-state index is -3.91. The second-order valence-electron chi connectivity index (χ2n) is 6.22. The lowest BCUT2D eigenvalue weighted by Gasteiger charge is -2.07. The van der Waals surface area contributed by atoms with Gasteiger partial charge in [0, 0.05) is 6.07 Å². The summed E-state index contributed by atoms with van der Waals surface area (Å²) in [7, 11) is -2.37. The van der Waals surface area contributed by atoms with E-state index in [2.05, 4.69) is 0 Å². The molecule has 0 radical (unpaired) electrons. The van der Waals surface area contributed by atoms with Crippen LogP contribution in [0, 0.1) is 0 Å². The number of methoxy groups -OCH3 is 1. The first-order valence-electron chi connectivity index (χ1n) is 8.68. The zero-order valence-corrected chi connectivity index (χ0v) is 16.2. The molecule has 0 aliphatic carbocycles. The highest BCUT2D eigenvalue weighted by atomic mass is 32.2. The van der Waals surface area contributed by atoms with Crippen LogP contribution >= 0.6 is 0 Å². The summed E-state index contributed by atoms with van der Waals surface area (Å²) in [5.74, 6) is 1.16. The highest BCUT2D eigenvalue weighted by Gasteiger charge is 2.27. The smallest absolute Gasteiger partial charge is 0.339 e. The minimum absolute atomic E-state index is 0.0735. The molecule has 0 bridgehead atoms. The third kappa shape index (κ3) is 3.86. The maximum absolute atomic E-state index is 12.5. The van der Waals surface area contributed by atoms with Gasteiger partial charge in [0.25, 0.3) is 0 Å². The maximum Gasteiger partial charge on any atom is 0.339 e. The van der Waals surface area contributed by atoms with E-state index in [1.165, 1.54) is 31.4 Å². The van der Waals surface area contributed by atoms with E-state index >= 15 is 0 Å². The average Bonchev–Trinajstić information content (AvgIpc) is 3.04. The second-order valence-corrected chi connectivity index (χ2v) is 7.77. The molecular weight excluding hydrogens is 392 g/mol. The van der Waals surface area contributed by atoms with Crippen molar-refractivity contribution in [3.8, 4) is 17.2 Å². The number of Topliss-reactive ketones (excluding diaryl/α,β-unsaturated/α-hetero) is 1. The fourth-order valence-electron chi connectivity index (χ4n) is 2.83. The summed E-state index contributed by atoms with van der Waals surface area (Å²) in [4.78, 5) is 12.5. The summed E-state index contributed by atoms with van der Waals surface area (Å²) in [5, 5.41) is 0. The zero-order chi connectivity index (χ0) is 20.4. The molecule has 7 heteroatoms. The molecule has 0 saturated heterocycles. The molecule has 29 heavy (non-hydrogen) atoms. The predicted molar refractivity (Wildman–Crippen MR) is 107 cm³/mol. The van der Waals surface area contributed by atoms with E-state index in [-0.39, 0.29) is 22.2 Å². The van der Waals surface area contributed by atoms with Crippen molar-refractivity contribution < 1.29 is 26.9 Å². The Bertz CT molecular complexity index is 1200. The summed E-state index contributed by atoms with van der Waals surface area (Å²) in [6.07, 6.45) is 1.59.